The Bertz CT molecular complexity index is 491. The third-order valence-corrected chi connectivity index (χ3v) is 4.03. The van der Waals surface area contributed by atoms with E-state index >= 15 is 0 Å². The molecule has 0 amide bonds. The van der Waals surface area contributed by atoms with Crippen LogP contribution in [0.2, 0.25) is 0 Å². The smallest absolute Gasteiger partial charge is 0.138 e. The van der Waals surface area contributed by atoms with E-state index in [2.05, 4.69) is 32.0 Å². The topological polar surface area (TPSA) is 49.8 Å². The summed E-state index contributed by atoms with van der Waals surface area (Å²) in [5.41, 5.74) is 0. The molecule has 1 fully saturated rings. The largest absolute Gasteiger partial charge is 0.367 e. The van der Waals surface area contributed by atoms with Gasteiger partial charge in [-0.25, -0.2) is 9.97 Å². The van der Waals surface area contributed by atoms with Crippen LogP contribution in [0.5, 0.6) is 0 Å². The van der Waals surface area contributed by atoms with Gasteiger partial charge in [-0.15, -0.1) is 11.3 Å². The van der Waals surface area contributed by atoms with E-state index in [9.17, 15) is 0 Å². The molecule has 5 heteroatoms. The van der Waals surface area contributed by atoms with Crippen LogP contribution in [0.15, 0.2) is 17.8 Å². The van der Waals surface area contributed by atoms with E-state index in [1.807, 2.05) is 14.1 Å². The van der Waals surface area contributed by atoms with Crippen LogP contribution >= 0.6 is 11.3 Å². The zero-order valence-electron chi connectivity index (χ0n) is 11.6. The van der Waals surface area contributed by atoms with Crippen molar-refractivity contribution < 1.29 is 0 Å². The maximum absolute atomic E-state index is 4.36. The van der Waals surface area contributed by atoms with Gasteiger partial charge >= 0.3 is 0 Å². The predicted molar refractivity (Wildman–Crippen MR) is 82.9 cm³/mol. The minimum Gasteiger partial charge on any atom is -0.367 e. The van der Waals surface area contributed by atoms with Crippen molar-refractivity contribution in [3.05, 3.63) is 17.8 Å². The van der Waals surface area contributed by atoms with Crippen molar-refractivity contribution in [3.8, 4) is 0 Å². The normalized spacial score (nSPS) is 15.9. The maximum Gasteiger partial charge on any atom is 0.138 e. The summed E-state index contributed by atoms with van der Waals surface area (Å²) in [4.78, 5) is 9.70. The summed E-state index contributed by atoms with van der Waals surface area (Å²) < 4.78 is 0. The zero-order chi connectivity index (χ0) is 13.5. The van der Waals surface area contributed by atoms with Crippen LogP contribution in [0.25, 0.3) is 10.2 Å². The first-order chi connectivity index (χ1) is 9.35. The monoisotopic (exact) mass is 278 g/mol. The van der Waals surface area contributed by atoms with E-state index in [1.54, 1.807) is 17.7 Å². The number of fused-ring (bicyclic) bond motifs is 1. The van der Waals surface area contributed by atoms with Crippen LogP contribution < -0.4 is 10.6 Å². The van der Waals surface area contributed by atoms with Crippen molar-refractivity contribution >= 4 is 27.4 Å². The van der Waals surface area contributed by atoms with Crippen LogP contribution in [0, 0.1) is 0 Å². The van der Waals surface area contributed by atoms with E-state index < -0.39 is 0 Å². The molecule has 0 unspecified atom stereocenters. The lowest BCUT2D eigenvalue weighted by molar-refractivity contribution is 0.462. The Hall–Kier alpha value is -1.20. The third-order valence-electron chi connectivity index (χ3n) is 3.21. The van der Waals surface area contributed by atoms with Crippen LogP contribution in [-0.4, -0.2) is 30.1 Å². The number of aromatic nitrogens is 2. The number of nitrogens with zero attached hydrogens (tertiary/aromatic N) is 2. The van der Waals surface area contributed by atoms with Gasteiger partial charge in [0.25, 0.3) is 0 Å². The van der Waals surface area contributed by atoms with Crippen LogP contribution in [0.3, 0.4) is 0 Å². The zero-order valence-corrected chi connectivity index (χ0v) is 12.5. The highest BCUT2D eigenvalue weighted by Crippen LogP contribution is 2.27. The number of nitrogens with one attached hydrogen (secondary N) is 2. The minimum absolute atomic E-state index is 0.603. The van der Waals surface area contributed by atoms with Crippen LogP contribution in [0.4, 0.5) is 5.82 Å². The number of hydrogen-bond donors (Lipinski definition) is 2. The number of thiophene rings is 1. The second-order valence-corrected chi connectivity index (χ2v) is 5.74. The average Bonchev–Trinajstić information content (AvgIpc) is 2.90. The van der Waals surface area contributed by atoms with Crippen molar-refractivity contribution in [1.29, 1.82) is 0 Å². The first kappa shape index (κ1) is 14.2. The average molecular weight is 278 g/mol. The van der Waals surface area contributed by atoms with E-state index in [4.69, 9.17) is 0 Å². The van der Waals surface area contributed by atoms with Gasteiger partial charge in [0.2, 0.25) is 0 Å². The summed E-state index contributed by atoms with van der Waals surface area (Å²) in [6, 6.07) is 2.71. The number of rotatable bonds is 2. The highest BCUT2D eigenvalue weighted by atomic mass is 32.1. The minimum atomic E-state index is 0.603. The predicted octanol–water partition coefficient (Wildman–Crippen LogP) is 3.27. The van der Waals surface area contributed by atoms with Crippen molar-refractivity contribution in [2.75, 3.05) is 19.4 Å². The van der Waals surface area contributed by atoms with E-state index in [1.165, 1.54) is 32.1 Å². The van der Waals surface area contributed by atoms with Crippen molar-refractivity contribution in [2.24, 2.45) is 0 Å². The lowest BCUT2D eigenvalue weighted by atomic mass is 9.95. The first-order valence-electron chi connectivity index (χ1n) is 6.88. The molecule has 2 aromatic heterocycles. The summed E-state index contributed by atoms with van der Waals surface area (Å²) in [5, 5.41) is 9.56. The lowest BCUT2D eigenvalue weighted by Crippen LogP contribution is -2.22. The summed E-state index contributed by atoms with van der Waals surface area (Å²) in [7, 11) is 3.75. The molecule has 19 heavy (non-hydrogen) atoms. The molecule has 1 aliphatic carbocycles. The Morgan fingerprint density at radius 1 is 1.16 bits per heavy atom. The summed E-state index contributed by atoms with van der Waals surface area (Å²) in [6.45, 7) is 0. The third kappa shape index (κ3) is 3.88. The van der Waals surface area contributed by atoms with Crippen LogP contribution in [0.1, 0.15) is 32.1 Å². The summed E-state index contributed by atoms with van der Waals surface area (Å²) in [5.74, 6) is 1.01. The highest BCUT2D eigenvalue weighted by Gasteiger charge is 2.14. The van der Waals surface area contributed by atoms with Crippen molar-refractivity contribution in [2.45, 2.75) is 38.1 Å². The Balaban J connectivity index is 0.000000408. The van der Waals surface area contributed by atoms with Crippen molar-refractivity contribution in [3.63, 3.8) is 0 Å². The molecule has 104 valence electrons. The fourth-order valence-electron chi connectivity index (χ4n) is 2.35. The highest BCUT2D eigenvalue weighted by molar-refractivity contribution is 7.16. The molecule has 2 aromatic rings. The van der Waals surface area contributed by atoms with Gasteiger partial charge in [0, 0.05) is 6.04 Å². The van der Waals surface area contributed by atoms with Gasteiger partial charge in [0.05, 0.1) is 5.39 Å². The van der Waals surface area contributed by atoms with Gasteiger partial charge < -0.3 is 10.6 Å². The molecule has 2 heterocycles. The van der Waals surface area contributed by atoms with Gasteiger partial charge in [0.15, 0.2) is 0 Å². The summed E-state index contributed by atoms with van der Waals surface area (Å²) in [6.07, 6.45) is 8.27. The molecular formula is C14H22N4S. The molecular weight excluding hydrogens is 256 g/mol. The van der Waals surface area contributed by atoms with Gasteiger partial charge in [-0.2, -0.15) is 0 Å². The lowest BCUT2D eigenvalue weighted by Gasteiger charge is -2.23. The van der Waals surface area contributed by atoms with Gasteiger partial charge in [-0.1, -0.05) is 19.3 Å². The fourth-order valence-corrected chi connectivity index (χ4v) is 3.08. The molecule has 0 aromatic carbocycles. The van der Waals surface area contributed by atoms with Gasteiger partial charge in [-0.3, -0.25) is 0 Å². The summed E-state index contributed by atoms with van der Waals surface area (Å²) >= 11 is 1.67. The Morgan fingerprint density at radius 3 is 2.63 bits per heavy atom. The van der Waals surface area contributed by atoms with E-state index in [-0.39, 0.29) is 0 Å². The van der Waals surface area contributed by atoms with Crippen LogP contribution in [-0.2, 0) is 0 Å². The SMILES string of the molecule is CNC.c1nc(NC2CCCCC2)c2ccsc2n1. The van der Waals surface area contributed by atoms with E-state index in [0.29, 0.717) is 6.04 Å². The molecule has 0 aliphatic heterocycles. The number of anilines is 1. The second kappa shape index (κ2) is 7.40. The molecule has 2 N–H and O–H groups in total. The first-order valence-corrected chi connectivity index (χ1v) is 7.76. The Morgan fingerprint density at radius 2 is 1.89 bits per heavy atom. The number of hydrogen-bond acceptors (Lipinski definition) is 5. The molecule has 1 aliphatic rings. The Kier molecular flexibility index (Phi) is 5.54. The molecule has 0 saturated heterocycles. The molecule has 0 bridgehead atoms. The Labute approximate surface area is 118 Å². The van der Waals surface area contributed by atoms with Gasteiger partial charge in [0.1, 0.15) is 17.0 Å². The molecule has 4 nitrogen and oxygen atoms in total. The fraction of sp³-hybridized carbons (Fsp3) is 0.571. The quantitative estimate of drug-likeness (QED) is 0.885. The molecule has 3 rings (SSSR count). The van der Waals surface area contributed by atoms with E-state index in [0.717, 1.165) is 16.0 Å². The second-order valence-electron chi connectivity index (χ2n) is 4.84. The molecule has 0 spiro atoms. The van der Waals surface area contributed by atoms with Crippen molar-refractivity contribution in [1.82, 2.24) is 15.3 Å². The standard InChI is InChI=1S/C12H15N3S.C2H7N/c1-2-4-9(5-3-1)15-11-10-6-7-16-12(10)14-8-13-11;1-3-2/h6-9H,1-5H2,(H,13,14,15);3H,1-2H3. The molecule has 1 saturated carbocycles. The molecule has 0 atom stereocenters. The maximum atomic E-state index is 4.36. The molecule has 0 radical (unpaired) electrons. The van der Waals surface area contributed by atoms with Gasteiger partial charge in [-0.05, 0) is 38.4 Å².